The van der Waals surface area contributed by atoms with Gasteiger partial charge < -0.3 is 15.3 Å². The van der Waals surface area contributed by atoms with Gasteiger partial charge in [-0.3, -0.25) is 19.8 Å². The van der Waals surface area contributed by atoms with Gasteiger partial charge in [-0.25, -0.2) is 0 Å². The summed E-state index contributed by atoms with van der Waals surface area (Å²) in [7, 11) is 0. The predicted octanol–water partition coefficient (Wildman–Crippen LogP) is 2.59. The van der Waals surface area contributed by atoms with E-state index >= 15 is 0 Å². The molecule has 0 aliphatic rings. The zero-order chi connectivity index (χ0) is 17.6. The van der Waals surface area contributed by atoms with E-state index in [9.17, 15) is 14.7 Å². The van der Waals surface area contributed by atoms with Crippen molar-refractivity contribution in [1.82, 2.24) is 20.4 Å². The highest BCUT2D eigenvalue weighted by atomic mass is 127. The number of benzene rings is 1. The third-order valence-corrected chi connectivity index (χ3v) is 5.25. The van der Waals surface area contributed by atoms with E-state index in [0.717, 1.165) is 4.47 Å². The van der Waals surface area contributed by atoms with Gasteiger partial charge in [0.25, 0.3) is 11.1 Å². The van der Waals surface area contributed by atoms with Gasteiger partial charge in [0.15, 0.2) is 0 Å². The van der Waals surface area contributed by atoms with Gasteiger partial charge in [-0.2, -0.15) is 0 Å². The second kappa shape index (κ2) is 6.28. The largest absolute Gasteiger partial charge is 0.507 e. The number of nitrogens with one attached hydrogen (secondary N) is 4. The summed E-state index contributed by atoms with van der Waals surface area (Å²) in [6, 6.07) is 3.48. The first-order valence-corrected chi connectivity index (χ1v) is 8.90. The smallest absolute Gasteiger partial charge is 0.268 e. The molecule has 0 aliphatic heterocycles. The lowest BCUT2D eigenvalue weighted by molar-refractivity contribution is 0.463. The third kappa shape index (κ3) is 2.75. The van der Waals surface area contributed by atoms with Crippen molar-refractivity contribution in [3.63, 3.8) is 0 Å². The molecule has 5 N–H and O–H groups in total. The summed E-state index contributed by atoms with van der Waals surface area (Å²) >= 11 is 5.42. The minimum absolute atomic E-state index is 0.0452. The van der Waals surface area contributed by atoms with Crippen LogP contribution in [0.4, 0.5) is 0 Å². The fraction of sp³-hybridized carbons (Fsp3) is 0.200. The molecular formula is C15H14BrIN4O3. The molecule has 126 valence electrons. The number of aromatic hydroxyl groups is 1. The van der Waals surface area contributed by atoms with Crippen LogP contribution in [0.5, 0.6) is 5.75 Å². The monoisotopic (exact) mass is 504 g/mol. The summed E-state index contributed by atoms with van der Waals surface area (Å²) in [6.07, 6.45) is 0. The fourth-order valence-corrected chi connectivity index (χ4v) is 4.42. The van der Waals surface area contributed by atoms with Crippen LogP contribution in [0.25, 0.3) is 0 Å². The molecule has 24 heavy (non-hydrogen) atoms. The number of hydrogen-bond donors (Lipinski definition) is 5. The molecule has 3 aromatic rings. The molecule has 2 heterocycles. The van der Waals surface area contributed by atoms with Crippen molar-refractivity contribution in [2.24, 2.45) is 0 Å². The summed E-state index contributed by atoms with van der Waals surface area (Å²) in [5.74, 6) is -0.662. The van der Waals surface area contributed by atoms with Crippen molar-refractivity contribution in [3.05, 3.63) is 69.0 Å². The zero-order valence-electron chi connectivity index (χ0n) is 12.8. The Kier molecular flexibility index (Phi) is 4.47. The molecule has 0 saturated carbocycles. The zero-order valence-corrected chi connectivity index (χ0v) is 16.5. The van der Waals surface area contributed by atoms with Crippen LogP contribution in [-0.2, 0) is 0 Å². The van der Waals surface area contributed by atoms with E-state index in [1.807, 2.05) is 22.6 Å². The van der Waals surface area contributed by atoms with E-state index in [0.29, 0.717) is 31.6 Å². The maximum atomic E-state index is 12.3. The number of hydrogen-bond acceptors (Lipinski definition) is 3. The molecule has 0 saturated heterocycles. The molecule has 3 rings (SSSR count). The Morgan fingerprint density at radius 1 is 1.00 bits per heavy atom. The Morgan fingerprint density at radius 2 is 1.50 bits per heavy atom. The molecule has 0 unspecified atom stereocenters. The van der Waals surface area contributed by atoms with E-state index in [1.54, 1.807) is 26.0 Å². The van der Waals surface area contributed by atoms with Crippen LogP contribution in [0, 0.1) is 17.4 Å². The molecule has 0 amide bonds. The van der Waals surface area contributed by atoms with Gasteiger partial charge >= 0.3 is 0 Å². The topological polar surface area (TPSA) is 118 Å². The summed E-state index contributed by atoms with van der Waals surface area (Å²) in [5.41, 5.74) is 1.84. The van der Waals surface area contributed by atoms with Crippen molar-refractivity contribution in [3.8, 4) is 5.75 Å². The number of halogens is 2. The first-order valence-electron chi connectivity index (χ1n) is 7.03. The third-order valence-electron chi connectivity index (χ3n) is 3.97. The van der Waals surface area contributed by atoms with E-state index in [-0.39, 0.29) is 16.9 Å². The molecule has 0 aliphatic carbocycles. The number of aromatic amines is 4. The Morgan fingerprint density at radius 3 is 1.92 bits per heavy atom. The Hall–Kier alpha value is -1.75. The van der Waals surface area contributed by atoms with Gasteiger partial charge in [-0.1, -0.05) is 15.9 Å². The highest BCUT2D eigenvalue weighted by Gasteiger charge is 2.30. The maximum Gasteiger partial charge on any atom is 0.268 e. The second-order valence-corrected chi connectivity index (χ2v) is 7.57. The van der Waals surface area contributed by atoms with Gasteiger partial charge in [0, 0.05) is 21.4 Å². The number of aromatic nitrogens is 4. The van der Waals surface area contributed by atoms with E-state index < -0.39 is 5.92 Å². The summed E-state index contributed by atoms with van der Waals surface area (Å²) in [5, 5.41) is 21.2. The van der Waals surface area contributed by atoms with E-state index in [4.69, 9.17) is 0 Å². The van der Waals surface area contributed by atoms with Crippen molar-refractivity contribution < 1.29 is 5.11 Å². The van der Waals surface area contributed by atoms with E-state index in [1.165, 1.54) is 0 Å². The number of H-pyrrole nitrogens is 4. The maximum absolute atomic E-state index is 12.3. The van der Waals surface area contributed by atoms with Gasteiger partial charge in [0.05, 0.1) is 20.6 Å². The second-order valence-electron chi connectivity index (χ2n) is 5.49. The highest BCUT2D eigenvalue weighted by molar-refractivity contribution is 14.1. The normalized spacial score (nSPS) is 11.4. The highest BCUT2D eigenvalue weighted by Crippen LogP contribution is 2.39. The lowest BCUT2D eigenvalue weighted by atomic mass is 9.85. The fourth-order valence-electron chi connectivity index (χ4n) is 2.87. The van der Waals surface area contributed by atoms with Crippen LogP contribution < -0.4 is 11.1 Å². The number of phenols is 1. The van der Waals surface area contributed by atoms with Crippen LogP contribution >= 0.6 is 38.5 Å². The molecule has 0 bridgehead atoms. The molecule has 2 aromatic heterocycles. The first kappa shape index (κ1) is 17.1. The van der Waals surface area contributed by atoms with Gasteiger partial charge in [0.1, 0.15) is 5.75 Å². The quantitative estimate of drug-likeness (QED) is 0.353. The average Bonchev–Trinajstić information content (AvgIpc) is 3.01. The number of rotatable bonds is 3. The first-order chi connectivity index (χ1) is 11.3. The van der Waals surface area contributed by atoms with E-state index in [2.05, 4.69) is 36.3 Å². The van der Waals surface area contributed by atoms with Crippen LogP contribution in [0.15, 0.2) is 26.2 Å². The van der Waals surface area contributed by atoms with Gasteiger partial charge in [-0.05, 0) is 48.6 Å². The Labute approximate surface area is 158 Å². The van der Waals surface area contributed by atoms with Crippen LogP contribution in [0.3, 0.4) is 0 Å². The van der Waals surface area contributed by atoms with Gasteiger partial charge in [-0.15, -0.1) is 0 Å². The summed E-state index contributed by atoms with van der Waals surface area (Å²) in [4.78, 5) is 24.7. The molecule has 7 nitrogen and oxygen atoms in total. The van der Waals surface area contributed by atoms with Crippen LogP contribution in [-0.4, -0.2) is 25.5 Å². The lowest BCUT2D eigenvalue weighted by Gasteiger charge is -2.18. The predicted molar refractivity (Wildman–Crippen MR) is 102 cm³/mol. The number of aryl methyl sites for hydroxylation is 2. The average molecular weight is 505 g/mol. The minimum Gasteiger partial charge on any atom is -0.507 e. The summed E-state index contributed by atoms with van der Waals surface area (Å²) in [6.45, 7) is 3.49. The number of phenolic OH excluding ortho intramolecular Hbond substituents is 1. The molecule has 1 aromatic carbocycles. The minimum atomic E-state index is -0.707. The van der Waals surface area contributed by atoms with Crippen LogP contribution in [0.2, 0.25) is 0 Å². The van der Waals surface area contributed by atoms with Crippen LogP contribution in [0.1, 0.15) is 34.0 Å². The standard InChI is InChI=1S/C15H14BrIN4O3/c1-5-10(14(23)20-18-5)12(11-6(2)19-21-15(11)24)8-3-7(16)4-9(17)13(8)22/h3-4,12,22H,1-2H3,(H2,18,20,23)(H2,19,21,24). The van der Waals surface area contributed by atoms with Crippen molar-refractivity contribution in [2.75, 3.05) is 0 Å². The Balaban J connectivity index is 2.41. The van der Waals surface area contributed by atoms with Crippen molar-refractivity contribution in [1.29, 1.82) is 0 Å². The molecule has 0 fully saturated rings. The van der Waals surface area contributed by atoms with Crippen molar-refractivity contribution >= 4 is 38.5 Å². The molecule has 9 heteroatoms. The lowest BCUT2D eigenvalue weighted by Crippen LogP contribution is -2.20. The Bertz CT molecular complexity index is 976. The van der Waals surface area contributed by atoms with Gasteiger partial charge in [0.2, 0.25) is 0 Å². The molecule has 0 spiro atoms. The molecule has 0 atom stereocenters. The molecular weight excluding hydrogens is 491 g/mol. The van der Waals surface area contributed by atoms with Crippen molar-refractivity contribution in [2.45, 2.75) is 19.8 Å². The summed E-state index contributed by atoms with van der Waals surface area (Å²) < 4.78 is 1.37. The molecule has 0 radical (unpaired) electrons. The SMILES string of the molecule is Cc1[nH][nH]c(=O)c1C(c1cc(Br)cc(I)c1O)c1c(C)[nH][nH]c1=O.